The summed E-state index contributed by atoms with van der Waals surface area (Å²) in [4.78, 5) is 13.4. The van der Waals surface area contributed by atoms with E-state index < -0.39 is 0 Å². The summed E-state index contributed by atoms with van der Waals surface area (Å²) in [5.41, 5.74) is 10.5. The number of carbonyl (C=O) groups is 1. The fourth-order valence-corrected chi connectivity index (χ4v) is 4.31. The Hall–Kier alpha value is -3.45. The molecule has 0 aliphatic heterocycles. The van der Waals surface area contributed by atoms with Gasteiger partial charge in [-0.2, -0.15) is 0 Å². The third kappa shape index (κ3) is 2.51. The zero-order valence-corrected chi connectivity index (χ0v) is 16.0. The molecule has 134 valence electrons. The van der Waals surface area contributed by atoms with E-state index in [1.54, 1.807) is 0 Å². The first-order valence-corrected chi connectivity index (χ1v) is 9.58. The Balaban J connectivity index is 1.90. The van der Waals surface area contributed by atoms with Gasteiger partial charge in [0.1, 0.15) is 0 Å². The van der Waals surface area contributed by atoms with Crippen molar-refractivity contribution < 1.29 is 4.79 Å². The van der Waals surface area contributed by atoms with E-state index in [1.807, 2.05) is 24.3 Å². The molecule has 0 radical (unpaired) electrons. The summed E-state index contributed by atoms with van der Waals surface area (Å²) in [5.74, 6) is 0.131. The Kier molecular flexibility index (Phi) is 3.77. The zero-order chi connectivity index (χ0) is 19.3. The molecular formula is C27H20O. The summed E-state index contributed by atoms with van der Waals surface area (Å²) >= 11 is 0. The highest BCUT2D eigenvalue weighted by molar-refractivity contribution is 6.26. The van der Waals surface area contributed by atoms with Gasteiger partial charge in [-0.25, -0.2) is 0 Å². The molecular weight excluding hydrogens is 340 g/mol. The van der Waals surface area contributed by atoms with Gasteiger partial charge in [0.25, 0.3) is 0 Å². The number of hydrogen-bond acceptors (Lipinski definition) is 1. The molecule has 0 saturated heterocycles. The molecule has 0 fully saturated rings. The van der Waals surface area contributed by atoms with Crippen LogP contribution in [0.3, 0.4) is 0 Å². The van der Waals surface area contributed by atoms with Crippen molar-refractivity contribution in [2.45, 2.75) is 13.8 Å². The second kappa shape index (κ2) is 6.31. The Morgan fingerprint density at radius 1 is 0.500 bits per heavy atom. The molecule has 0 saturated carbocycles. The number of carbonyl (C=O) groups excluding carboxylic acids is 1. The maximum absolute atomic E-state index is 13.4. The first-order valence-electron chi connectivity index (χ1n) is 9.58. The Labute approximate surface area is 165 Å². The highest BCUT2D eigenvalue weighted by Crippen LogP contribution is 2.48. The number of benzene rings is 4. The summed E-state index contributed by atoms with van der Waals surface area (Å²) in [7, 11) is 0. The number of hydrogen-bond donors (Lipinski definition) is 0. The summed E-state index contributed by atoms with van der Waals surface area (Å²) in [6.07, 6.45) is 0. The van der Waals surface area contributed by atoms with Gasteiger partial charge < -0.3 is 0 Å². The van der Waals surface area contributed by atoms with Gasteiger partial charge in [-0.05, 0) is 59.4 Å². The molecule has 0 aromatic heterocycles. The number of rotatable bonds is 2. The van der Waals surface area contributed by atoms with E-state index in [2.05, 4.69) is 74.5 Å². The van der Waals surface area contributed by atoms with Crippen LogP contribution in [-0.4, -0.2) is 5.78 Å². The highest BCUT2D eigenvalue weighted by atomic mass is 16.1. The predicted octanol–water partition coefficient (Wildman–Crippen LogP) is 6.85. The first kappa shape index (κ1) is 16.7. The van der Waals surface area contributed by atoms with E-state index >= 15 is 0 Å². The van der Waals surface area contributed by atoms with Crippen molar-refractivity contribution in [2.75, 3.05) is 0 Å². The molecule has 4 aromatic rings. The maximum Gasteiger partial charge on any atom is 0.194 e. The van der Waals surface area contributed by atoms with E-state index in [4.69, 9.17) is 0 Å². The van der Waals surface area contributed by atoms with Crippen LogP contribution >= 0.6 is 0 Å². The minimum absolute atomic E-state index is 0.131. The van der Waals surface area contributed by atoms with Crippen LogP contribution in [0, 0.1) is 13.8 Å². The molecule has 0 N–H and O–H groups in total. The molecule has 0 unspecified atom stereocenters. The van der Waals surface area contributed by atoms with Gasteiger partial charge in [-0.1, -0.05) is 72.8 Å². The molecule has 0 atom stereocenters. The lowest BCUT2D eigenvalue weighted by atomic mass is 9.88. The highest BCUT2D eigenvalue weighted by Gasteiger charge is 2.32. The van der Waals surface area contributed by atoms with Gasteiger partial charge >= 0.3 is 0 Å². The van der Waals surface area contributed by atoms with E-state index in [0.717, 1.165) is 55.6 Å². The summed E-state index contributed by atoms with van der Waals surface area (Å²) in [5, 5.41) is 0. The lowest BCUT2D eigenvalue weighted by Gasteiger charge is -2.15. The van der Waals surface area contributed by atoms with Crippen LogP contribution in [0.4, 0.5) is 0 Å². The number of fused-ring (bicyclic) bond motifs is 3. The molecule has 1 aliphatic carbocycles. The van der Waals surface area contributed by atoms with Gasteiger partial charge in [0.15, 0.2) is 5.78 Å². The van der Waals surface area contributed by atoms with Crippen molar-refractivity contribution in [1.29, 1.82) is 0 Å². The van der Waals surface area contributed by atoms with Crippen molar-refractivity contribution in [2.24, 2.45) is 0 Å². The molecule has 28 heavy (non-hydrogen) atoms. The lowest BCUT2D eigenvalue weighted by Crippen LogP contribution is -1.96. The molecule has 4 aromatic carbocycles. The molecule has 1 nitrogen and oxygen atoms in total. The van der Waals surface area contributed by atoms with Crippen LogP contribution in [0.25, 0.3) is 33.4 Å². The smallest absolute Gasteiger partial charge is 0.194 e. The van der Waals surface area contributed by atoms with Crippen molar-refractivity contribution in [1.82, 2.24) is 0 Å². The molecule has 0 amide bonds. The van der Waals surface area contributed by atoms with E-state index in [9.17, 15) is 4.79 Å². The standard InChI is InChI=1S/C27H20O/c1-17-13-21(19-9-5-3-6-10-19)25-23(15-17)27(28)24-16-18(2)14-22(26(24)25)20-11-7-4-8-12-20/h3-16H,1-2H3. The monoisotopic (exact) mass is 360 g/mol. The van der Waals surface area contributed by atoms with E-state index in [-0.39, 0.29) is 5.78 Å². The molecule has 1 aliphatic rings. The van der Waals surface area contributed by atoms with Crippen molar-refractivity contribution in [3.8, 4) is 33.4 Å². The van der Waals surface area contributed by atoms with Crippen LogP contribution in [0.5, 0.6) is 0 Å². The Morgan fingerprint density at radius 2 is 0.857 bits per heavy atom. The van der Waals surface area contributed by atoms with Gasteiger partial charge in [0.05, 0.1) is 0 Å². The third-order valence-corrected chi connectivity index (χ3v) is 5.47. The SMILES string of the molecule is Cc1cc2c(c(-c3ccccc3)c1)-c1c(cc(C)cc1-c1ccccc1)C2=O. The normalized spacial score (nSPS) is 12.0. The minimum Gasteiger partial charge on any atom is -0.289 e. The summed E-state index contributed by atoms with van der Waals surface area (Å²) in [6.45, 7) is 4.12. The summed E-state index contributed by atoms with van der Waals surface area (Å²) in [6, 6.07) is 29.2. The van der Waals surface area contributed by atoms with Gasteiger partial charge in [-0.3, -0.25) is 4.79 Å². The van der Waals surface area contributed by atoms with Crippen molar-refractivity contribution in [3.05, 3.63) is 107 Å². The molecule has 0 heterocycles. The van der Waals surface area contributed by atoms with Gasteiger partial charge in [-0.15, -0.1) is 0 Å². The maximum atomic E-state index is 13.4. The first-order chi connectivity index (χ1) is 13.6. The molecule has 1 heteroatoms. The van der Waals surface area contributed by atoms with Crippen LogP contribution in [-0.2, 0) is 0 Å². The van der Waals surface area contributed by atoms with Crippen LogP contribution < -0.4 is 0 Å². The Morgan fingerprint density at radius 3 is 1.25 bits per heavy atom. The Bertz CT molecular complexity index is 1120. The largest absolute Gasteiger partial charge is 0.289 e. The molecule has 5 rings (SSSR count). The van der Waals surface area contributed by atoms with Gasteiger partial charge in [0.2, 0.25) is 0 Å². The minimum atomic E-state index is 0.131. The third-order valence-electron chi connectivity index (χ3n) is 5.47. The van der Waals surface area contributed by atoms with Crippen LogP contribution in [0.2, 0.25) is 0 Å². The average molecular weight is 360 g/mol. The lowest BCUT2D eigenvalue weighted by molar-refractivity contribution is 0.104. The fourth-order valence-electron chi connectivity index (χ4n) is 4.31. The van der Waals surface area contributed by atoms with E-state index in [1.165, 1.54) is 0 Å². The second-order valence-electron chi connectivity index (χ2n) is 7.53. The zero-order valence-electron chi connectivity index (χ0n) is 16.0. The number of aryl methyl sites for hydroxylation is 2. The summed E-state index contributed by atoms with van der Waals surface area (Å²) < 4.78 is 0. The fraction of sp³-hybridized carbons (Fsp3) is 0.0741. The topological polar surface area (TPSA) is 17.1 Å². The average Bonchev–Trinajstić information content (AvgIpc) is 3.00. The quantitative estimate of drug-likeness (QED) is 0.336. The molecule has 0 bridgehead atoms. The van der Waals surface area contributed by atoms with Crippen LogP contribution in [0.15, 0.2) is 84.9 Å². The number of ketones is 1. The van der Waals surface area contributed by atoms with Crippen molar-refractivity contribution in [3.63, 3.8) is 0 Å². The predicted molar refractivity (Wildman–Crippen MR) is 116 cm³/mol. The van der Waals surface area contributed by atoms with Gasteiger partial charge in [0, 0.05) is 22.3 Å². The van der Waals surface area contributed by atoms with Crippen molar-refractivity contribution >= 4 is 5.78 Å². The van der Waals surface area contributed by atoms with Crippen LogP contribution in [0.1, 0.15) is 27.0 Å². The van der Waals surface area contributed by atoms with E-state index in [0.29, 0.717) is 0 Å². The molecule has 0 spiro atoms. The second-order valence-corrected chi connectivity index (χ2v) is 7.53.